The Balaban J connectivity index is 1.98. The van der Waals surface area contributed by atoms with Crippen LogP contribution in [0.25, 0.3) is 0 Å². The smallest absolute Gasteiger partial charge is 0.325 e. The fraction of sp³-hybridized carbons (Fsp3) is 0.500. The molecule has 1 saturated heterocycles. The number of ether oxygens (including phenoxy) is 1. The van der Waals surface area contributed by atoms with Gasteiger partial charge in [0.15, 0.2) is 0 Å². The lowest BCUT2D eigenvalue weighted by atomic mass is 10.0. The number of likely N-dealkylation sites (tertiary alicyclic amines) is 1. The van der Waals surface area contributed by atoms with Gasteiger partial charge >= 0.3 is 12.0 Å². The minimum absolute atomic E-state index is 0.0797. The van der Waals surface area contributed by atoms with Gasteiger partial charge in [-0.3, -0.25) is 4.79 Å². The number of benzene rings is 1. The van der Waals surface area contributed by atoms with Crippen molar-refractivity contribution in [2.45, 2.75) is 32.7 Å². The number of aryl methyl sites for hydroxylation is 1. The molecule has 21 heavy (non-hydrogen) atoms. The Morgan fingerprint density at radius 1 is 1.43 bits per heavy atom. The first-order chi connectivity index (χ1) is 10.1. The summed E-state index contributed by atoms with van der Waals surface area (Å²) in [4.78, 5) is 25.3. The summed E-state index contributed by atoms with van der Waals surface area (Å²) in [5.41, 5.74) is 2.34. The number of urea groups is 1. The zero-order valence-corrected chi connectivity index (χ0v) is 12.6. The van der Waals surface area contributed by atoms with Crippen LogP contribution >= 0.6 is 0 Å². The lowest BCUT2D eigenvalue weighted by molar-refractivity contribution is -0.141. The second-order valence-corrected chi connectivity index (χ2v) is 5.23. The van der Waals surface area contributed by atoms with E-state index in [4.69, 9.17) is 4.74 Å². The monoisotopic (exact) mass is 290 g/mol. The number of nitrogens with one attached hydrogen (secondary N) is 1. The van der Waals surface area contributed by atoms with Gasteiger partial charge in [-0.2, -0.15) is 0 Å². The van der Waals surface area contributed by atoms with Crippen molar-refractivity contribution in [3.63, 3.8) is 0 Å². The molecule has 1 aromatic carbocycles. The molecule has 0 unspecified atom stereocenters. The molecule has 0 aliphatic carbocycles. The van der Waals surface area contributed by atoms with E-state index in [2.05, 4.69) is 17.4 Å². The maximum absolute atomic E-state index is 12.2. The highest BCUT2D eigenvalue weighted by Crippen LogP contribution is 2.32. The molecule has 5 nitrogen and oxygen atoms in total. The largest absolute Gasteiger partial charge is 0.465 e. The van der Waals surface area contributed by atoms with Crippen molar-refractivity contribution in [1.82, 2.24) is 10.2 Å². The van der Waals surface area contributed by atoms with Crippen molar-refractivity contribution in [2.75, 3.05) is 19.7 Å². The van der Waals surface area contributed by atoms with E-state index in [0.717, 1.165) is 18.4 Å². The number of carbonyl (C=O) groups excluding carboxylic acids is 2. The van der Waals surface area contributed by atoms with Gasteiger partial charge in [-0.05, 0) is 32.3 Å². The molecular formula is C16H22N2O3. The Morgan fingerprint density at radius 3 is 2.95 bits per heavy atom. The molecule has 2 amide bonds. The SMILES string of the molecule is CCOC(=O)CNC(=O)N1CCC[C@@H]1c1cccc(C)c1. The van der Waals surface area contributed by atoms with Crippen LogP contribution < -0.4 is 5.32 Å². The van der Waals surface area contributed by atoms with Gasteiger partial charge in [-0.1, -0.05) is 29.8 Å². The number of hydrogen-bond acceptors (Lipinski definition) is 3. The van der Waals surface area contributed by atoms with E-state index < -0.39 is 5.97 Å². The quantitative estimate of drug-likeness (QED) is 0.866. The average Bonchev–Trinajstić information content (AvgIpc) is 2.94. The first-order valence-electron chi connectivity index (χ1n) is 7.38. The molecule has 2 rings (SSSR count). The van der Waals surface area contributed by atoms with Gasteiger partial charge in [0, 0.05) is 6.54 Å². The first-order valence-corrected chi connectivity index (χ1v) is 7.38. The highest BCUT2D eigenvalue weighted by molar-refractivity contribution is 5.81. The highest BCUT2D eigenvalue weighted by atomic mass is 16.5. The standard InChI is InChI=1S/C16H22N2O3/c1-3-21-15(19)11-17-16(20)18-9-5-8-14(18)13-7-4-6-12(2)10-13/h4,6-7,10,14H,3,5,8-9,11H2,1-2H3,(H,17,20)/t14-/m1/s1. The van der Waals surface area contributed by atoms with Gasteiger partial charge < -0.3 is 15.0 Å². The molecule has 0 radical (unpaired) electrons. The van der Waals surface area contributed by atoms with Crippen molar-refractivity contribution in [3.05, 3.63) is 35.4 Å². The lowest BCUT2D eigenvalue weighted by Crippen LogP contribution is -2.42. The Labute approximate surface area is 125 Å². The molecular weight excluding hydrogens is 268 g/mol. The third kappa shape index (κ3) is 3.97. The summed E-state index contributed by atoms with van der Waals surface area (Å²) in [5, 5.41) is 2.64. The summed E-state index contributed by atoms with van der Waals surface area (Å²) < 4.78 is 4.81. The van der Waals surface area contributed by atoms with Crippen LogP contribution in [0, 0.1) is 6.92 Å². The van der Waals surface area contributed by atoms with Gasteiger partial charge in [0.2, 0.25) is 0 Å². The van der Waals surface area contributed by atoms with Crippen molar-refractivity contribution in [2.24, 2.45) is 0 Å². The van der Waals surface area contributed by atoms with Crippen LogP contribution in [-0.2, 0) is 9.53 Å². The van der Waals surface area contributed by atoms with Gasteiger partial charge in [0.1, 0.15) is 6.54 Å². The number of rotatable bonds is 4. The van der Waals surface area contributed by atoms with E-state index in [-0.39, 0.29) is 18.6 Å². The summed E-state index contributed by atoms with van der Waals surface area (Å²) in [5.74, 6) is -0.405. The molecule has 5 heteroatoms. The molecule has 0 bridgehead atoms. The van der Waals surface area contributed by atoms with Crippen LogP contribution in [0.3, 0.4) is 0 Å². The maximum Gasteiger partial charge on any atom is 0.325 e. The van der Waals surface area contributed by atoms with Gasteiger partial charge in [-0.15, -0.1) is 0 Å². The van der Waals surface area contributed by atoms with Crippen molar-refractivity contribution < 1.29 is 14.3 Å². The third-order valence-corrected chi connectivity index (χ3v) is 3.63. The van der Waals surface area contributed by atoms with Crippen molar-refractivity contribution in [3.8, 4) is 0 Å². The van der Waals surface area contributed by atoms with E-state index in [1.54, 1.807) is 11.8 Å². The number of nitrogens with zero attached hydrogens (tertiary/aromatic N) is 1. The third-order valence-electron chi connectivity index (χ3n) is 3.63. The number of esters is 1. The number of hydrogen-bond donors (Lipinski definition) is 1. The first kappa shape index (κ1) is 15.4. The molecule has 1 fully saturated rings. The summed E-state index contributed by atoms with van der Waals surface area (Å²) in [7, 11) is 0. The zero-order valence-electron chi connectivity index (χ0n) is 12.6. The molecule has 1 N–H and O–H groups in total. The summed E-state index contributed by atoms with van der Waals surface area (Å²) in [6.45, 7) is 4.75. The second kappa shape index (κ2) is 7.11. The molecule has 0 spiro atoms. The molecule has 1 aliphatic rings. The molecule has 0 saturated carbocycles. The van der Waals surface area contributed by atoms with Crippen molar-refractivity contribution >= 4 is 12.0 Å². The van der Waals surface area contributed by atoms with Gasteiger partial charge in [0.25, 0.3) is 0 Å². The Morgan fingerprint density at radius 2 is 2.24 bits per heavy atom. The fourth-order valence-corrected chi connectivity index (χ4v) is 2.70. The predicted molar refractivity (Wildman–Crippen MR) is 79.9 cm³/mol. The van der Waals surface area contributed by atoms with E-state index in [1.165, 1.54) is 5.56 Å². The van der Waals surface area contributed by atoms with Crippen LogP contribution in [0.15, 0.2) is 24.3 Å². The predicted octanol–water partition coefficient (Wildman–Crippen LogP) is 2.40. The topological polar surface area (TPSA) is 58.6 Å². The van der Waals surface area contributed by atoms with E-state index in [9.17, 15) is 9.59 Å². The highest BCUT2D eigenvalue weighted by Gasteiger charge is 2.30. The second-order valence-electron chi connectivity index (χ2n) is 5.23. The zero-order chi connectivity index (χ0) is 15.2. The van der Waals surface area contributed by atoms with E-state index in [0.29, 0.717) is 13.2 Å². The summed E-state index contributed by atoms with van der Waals surface area (Å²) in [6.07, 6.45) is 1.93. The van der Waals surface area contributed by atoms with Gasteiger partial charge in [0.05, 0.1) is 12.6 Å². The number of amides is 2. The number of carbonyl (C=O) groups is 2. The molecule has 1 atom stereocenters. The van der Waals surface area contributed by atoms with E-state index >= 15 is 0 Å². The van der Waals surface area contributed by atoms with E-state index in [1.807, 2.05) is 19.1 Å². The van der Waals surface area contributed by atoms with Crippen LogP contribution in [0.2, 0.25) is 0 Å². The van der Waals surface area contributed by atoms with Crippen LogP contribution in [-0.4, -0.2) is 36.6 Å². The van der Waals surface area contributed by atoms with Gasteiger partial charge in [-0.25, -0.2) is 4.79 Å². The minimum Gasteiger partial charge on any atom is -0.465 e. The average molecular weight is 290 g/mol. The normalized spacial score (nSPS) is 17.6. The Bertz CT molecular complexity index is 516. The fourth-order valence-electron chi connectivity index (χ4n) is 2.70. The molecule has 1 aromatic rings. The van der Waals surface area contributed by atoms with Crippen LogP contribution in [0.1, 0.15) is 36.9 Å². The summed E-state index contributed by atoms with van der Waals surface area (Å²) >= 11 is 0. The molecule has 0 aromatic heterocycles. The maximum atomic E-state index is 12.2. The Hall–Kier alpha value is -2.04. The minimum atomic E-state index is -0.405. The van der Waals surface area contributed by atoms with Crippen LogP contribution in [0.5, 0.6) is 0 Å². The molecule has 114 valence electrons. The van der Waals surface area contributed by atoms with Crippen LogP contribution in [0.4, 0.5) is 4.79 Å². The molecule has 1 heterocycles. The van der Waals surface area contributed by atoms with Crippen molar-refractivity contribution in [1.29, 1.82) is 0 Å². The molecule has 1 aliphatic heterocycles. The lowest BCUT2D eigenvalue weighted by Gasteiger charge is -2.25. The Kier molecular flexibility index (Phi) is 5.20. The summed E-state index contributed by atoms with van der Waals surface area (Å²) in [6, 6.07) is 8.11.